The number of benzene rings is 2. The first-order valence-corrected chi connectivity index (χ1v) is 10.6. The van der Waals surface area contributed by atoms with Crippen molar-refractivity contribution in [1.82, 2.24) is 10.6 Å². The SMILES string of the molecule is COc1cc2c(cc1OC)[C@H]([C@@H](C)NC(=O)NC(C)C)[NH+](Cc1ccccc1)CC2. The average molecular weight is 413 g/mol. The van der Waals surface area contributed by atoms with E-state index in [0.29, 0.717) is 0 Å². The molecule has 3 atom stereocenters. The molecule has 30 heavy (non-hydrogen) atoms. The molecule has 2 aromatic rings. The zero-order chi connectivity index (χ0) is 21.7. The van der Waals surface area contributed by atoms with E-state index >= 15 is 0 Å². The summed E-state index contributed by atoms with van der Waals surface area (Å²) in [6, 6.07) is 14.7. The number of hydrogen-bond donors (Lipinski definition) is 3. The number of ether oxygens (including phenoxy) is 2. The predicted molar refractivity (Wildman–Crippen MR) is 118 cm³/mol. The molecule has 3 rings (SSSR count). The summed E-state index contributed by atoms with van der Waals surface area (Å²) in [6.45, 7) is 7.90. The average Bonchev–Trinajstić information content (AvgIpc) is 2.72. The first-order chi connectivity index (χ1) is 14.4. The summed E-state index contributed by atoms with van der Waals surface area (Å²) in [6.07, 6.45) is 0.958. The van der Waals surface area contributed by atoms with Crippen LogP contribution in [-0.4, -0.2) is 38.9 Å². The maximum atomic E-state index is 12.4. The molecule has 162 valence electrons. The van der Waals surface area contributed by atoms with E-state index in [0.717, 1.165) is 31.0 Å². The molecular formula is C24H34N3O3+. The zero-order valence-electron chi connectivity index (χ0n) is 18.6. The van der Waals surface area contributed by atoms with E-state index in [1.807, 2.05) is 19.9 Å². The number of rotatable bonds is 7. The first-order valence-electron chi connectivity index (χ1n) is 10.6. The van der Waals surface area contributed by atoms with Crippen molar-refractivity contribution in [3.05, 3.63) is 59.2 Å². The lowest BCUT2D eigenvalue weighted by Gasteiger charge is -2.38. The zero-order valence-corrected chi connectivity index (χ0v) is 18.6. The molecule has 0 saturated heterocycles. The van der Waals surface area contributed by atoms with Crippen LogP contribution in [-0.2, 0) is 13.0 Å². The van der Waals surface area contributed by atoms with Crippen LogP contribution in [0, 0.1) is 0 Å². The van der Waals surface area contributed by atoms with Crippen LogP contribution < -0.4 is 25.0 Å². The Hall–Kier alpha value is -2.73. The lowest BCUT2D eigenvalue weighted by molar-refractivity contribution is -0.948. The molecule has 0 saturated carbocycles. The molecule has 6 heteroatoms. The number of fused-ring (bicyclic) bond motifs is 1. The molecule has 0 bridgehead atoms. The number of amides is 2. The number of nitrogens with one attached hydrogen (secondary N) is 3. The molecule has 1 heterocycles. The minimum absolute atomic E-state index is 0.0559. The van der Waals surface area contributed by atoms with Crippen LogP contribution in [0.4, 0.5) is 4.79 Å². The molecule has 0 spiro atoms. The van der Waals surface area contributed by atoms with Crippen LogP contribution in [0.2, 0.25) is 0 Å². The Morgan fingerprint density at radius 3 is 2.37 bits per heavy atom. The smallest absolute Gasteiger partial charge is 0.315 e. The quantitative estimate of drug-likeness (QED) is 0.655. The summed E-state index contributed by atoms with van der Waals surface area (Å²) >= 11 is 0. The van der Waals surface area contributed by atoms with Gasteiger partial charge in [0.15, 0.2) is 11.5 Å². The van der Waals surface area contributed by atoms with Crippen molar-refractivity contribution in [3.8, 4) is 11.5 Å². The molecule has 2 aromatic carbocycles. The summed E-state index contributed by atoms with van der Waals surface area (Å²) in [5, 5.41) is 6.10. The molecule has 0 aromatic heterocycles. The van der Waals surface area contributed by atoms with Gasteiger partial charge in [-0.05, 0) is 38.5 Å². The van der Waals surface area contributed by atoms with Gasteiger partial charge in [0.05, 0.1) is 26.8 Å². The van der Waals surface area contributed by atoms with Crippen molar-refractivity contribution in [2.24, 2.45) is 0 Å². The van der Waals surface area contributed by atoms with E-state index in [-0.39, 0.29) is 24.2 Å². The monoisotopic (exact) mass is 412 g/mol. The van der Waals surface area contributed by atoms with Gasteiger partial charge in [0, 0.05) is 23.6 Å². The highest BCUT2D eigenvalue weighted by Crippen LogP contribution is 2.35. The highest BCUT2D eigenvalue weighted by molar-refractivity contribution is 5.74. The van der Waals surface area contributed by atoms with Crippen molar-refractivity contribution in [1.29, 1.82) is 0 Å². The van der Waals surface area contributed by atoms with Crippen LogP contribution >= 0.6 is 0 Å². The fraction of sp³-hybridized carbons (Fsp3) is 0.458. The Morgan fingerprint density at radius 2 is 1.73 bits per heavy atom. The number of hydrogen-bond acceptors (Lipinski definition) is 3. The largest absolute Gasteiger partial charge is 0.493 e. The number of quaternary nitrogens is 1. The standard InChI is InChI=1S/C24H33N3O3/c1-16(2)25-24(28)26-17(3)23-20-14-22(30-5)21(29-4)13-19(20)11-12-27(23)15-18-9-7-6-8-10-18/h6-10,13-14,16-17,23H,11-12,15H2,1-5H3,(H2,25,26,28)/p+1/t17-,23+/m1/s1. The topological polar surface area (TPSA) is 64.0 Å². The number of methoxy groups -OCH3 is 2. The Bertz CT molecular complexity index is 854. The summed E-state index contributed by atoms with van der Waals surface area (Å²) in [7, 11) is 3.33. The van der Waals surface area contributed by atoms with Crippen LogP contribution in [0.1, 0.15) is 43.5 Å². The normalized spacial score (nSPS) is 19.0. The van der Waals surface area contributed by atoms with E-state index in [2.05, 4.69) is 54.0 Å². The van der Waals surface area contributed by atoms with Gasteiger partial charge in [-0.25, -0.2) is 4.79 Å². The van der Waals surface area contributed by atoms with Crippen molar-refractivity contribution in [3.63, 3.8) is 0 Å². The summed E-state index contributed by atoms with van der Waals surface area (Å²) < 4.78 is 11.1. The third-order valence-corrected chi connectivity index (χ3v) is 5.69. The maximum absolute atomic E-state index is 12.4. The lowest BCUT2D eigenvalue weighted by Crippen LogP contribution is -3.13. The molecule has 3 N–H and O–H groups in total. The van der Waals surface area contributed by atoms with Gasteiger partial charge in [0.2, 0.25) is 0 Å². The molecule has 0 fully saturated rings. The second-order valence-corrected chi connectivity index (χ2v) is 8.27. The van der Waals surface area contributed by atoms with Crippen molar-refractivity contribution >= 4 is 6.03 Å². The maximum Gasteiger partial charge on any atom is 0.315 e. The van der Waals surface area contributed by atoms with Gasteiger partial charge >= 0.3 is 6.03 Å². The molecule has 1 unspecified atom stereocenters. The van der Waals surface area contributed by atoms with Crippen molar-refractivity contribution in [2.75, 3.05) is 20.8 Å². The fourth-order valence-electron chi connectivity index (χ4n) is 4.39. The highest BCUT2D eigenvalue weighted by atomic mass is 16.5. The molecule has 0 radical (unpaired) electrons. The van der Waals surface area contributed by atoms with Crippen LogP contribution in [0.5, 0.6) is 11.5 Å². The number of carbonyl (C=O) groups excluding carboxylic acids is 1. The van der Waals surface area contributed by atoms with Gasteiger partial charge in [0.1, 0.15) is 12.6 Å². The van der Waals surface area contributed by atoms with E-state index < -0.39 is 0 Å². The number of urea groups is 1. The third-order valence-electron chi connectivity index (χ3n) is 5.69. The third kappa shape index (κ3) is 5.05. The lowest BCUT2D eigenvalue weighted by atomic mass is 9.87. The van der Waals surface area contributed by atoms with Crippen molar-refractivity contribution in [2.45, 2.75) is 51.9 Å². The van der Waals surface area contributed by atoms with Crippen LogP contribution in [0.3, 0.4) is 0 Å². The predicted octanol–water partition coefficient (Wildman–Crippen LogP) is 2.48. The summed E-state index contributed by atoms with van der Waals surface area (Å²) in [5.41, 5.74) is 3.76. The van der Waals surface area contributed by atoms with E-state index in [9.17, 15) is 4.79 Å². The minimum atomic E-state index is -0.135. The Kier molecular flexibility index (Phi) is 7.21. The van der Waals surface area contributed by atoms with E-state index in [1.54, 1.807) is 14.2 Å². The summed E-state index contributed by atoms with van der Waals surface area (Å²) in [4.78, 5) is 13.9. The van der Waals surface area contributed by atoms with Gasteiger partial charge in [0.25, 0.3) is 0 Å². The first kappa shape index (κ1) is 22.0. The molecule has 1 aliphatic rings. The fourth-order valence-corrected chi connectivity index (χ4v) is 4.39. The van der Waals surface area contributed by atoms with Gasteiger partial charge in [-0.1, -0.05) is 30.3 Å². The molecule has 0 aliphatic carbocycles. The molecule has 1 aliphatic heterocycles. The van der Waals surface area contributed by atoms with Gasteiger partial charge in [-0.15, -0.1) is 0 Å². The molecular weight excluding hydrogens is 378 g/mol. The van der Waals surface area contributed by atoms with Gasteiger partial charge < -0.3 is 25.0 Å². The van der Waals surface area contributed by atoms with Crippen LogP contribution in [0.25, 0.3) is 0 Å². The molecule has 6 nitrogen and oxygen atoms in total. The Labute approximate surface area is 179 Å². The Morgan fingerprint density at radius 1 is 1.07 bits per heavy atom. The highest BCUT2D eigenvalue weighted by Gasteiger charge is 2.37. The van der Waals surface area contributed by atoms with Crippen LogP contribution in [0.15, 0.2) is 42.5 Å². The van der Waals surface area contributed by atoms with Gasteiger partial charge in [-0.2, -0.15) is 0 Å². The van der Waals surface area contributed by atoms with E-state index in [4.69, 9.17) is 9.47 Å². The second-order valence-electron chi connectivity index (χ2n) is 8.27. The second kappa shape index (κ2) is 9.85. The molecule has 2 amide bonds. The summed E-state index contributed by atoms with van der Waals surface area (Å²) in [5.74, 6) is 1.47. The van der Waals surface area contributed by atoms with E-state index in [1.165, 1.54) is 21.6 Å². The van der Waals surface area contributed by atoms with Gasteiger partial charge in [-0.3, -0.25) is 0 Å². The number of carbonyl (C=O) groups is 1. The Balaban J connectivity index is 1.95. The minimum Gasteiger partial charge on any atom is -0.493 e. The van der Waals surface area contributed by atoms with Crippen molar-refractivity contribution < 1.29 is 19.2 Å².